The molecule has 0 aliphatic rings. The van der Waals surface area contributed by atoms with Gasteiger partial charge in [-0.25, -0.2) is 0 Å². The van der Waals surface area contributed by atoms with Crippen molar-refractivity contribution in [1.82, 2.24) is 4.98 Å². The molecule has 2 aromatic carbocycles. The minimum absolute atomic E-state index is 0.765. The van der Waals surface area contributed by atoms with Crippen molar-refractivity contribution in [3.8, 4) is 11.3 Å². The van der Waals surface area contributed by atoms with Gasteiger partial charge >= 0.3 is 0 Å². The van der Waals surface area contributed by atoms with Crippen LogP contribution >= 0.6 is 22.6 Å². The summed E-state index contributed by atoms with van der Waals surface area (Å²) >= 11 is 2.42. The van der Waals surface area contributed by atoms with Gasteiger partial charge in [0.05, 0.1) is 5.69 Å². The first-order valence-corrected chi connectivity index (χ1v) is 9.41. The van der Waals surface area contributed by atoms with Gasteiger partial charge in [0.1, 0.15) is 0 Å². The zero-order chi connectivity index (χ0) is 16.2. The molecule has 0 spiro atoms. The van der Waals surface area contributed by atoms with Crippen LogP contribution in [0.3, 0.4) is 0 Å². The van der Waals surface area contributed by atoms with Crippen LogP contribution in [0.25, 0.3) is 22.2 Å². The summed E-state index contributed by atoms with van der Waals surface area (Å²) in [4.78, 5) is 3.66. The maximum Gasteiger partial charge on any atom is 0.0508 e. The molecule has 0 fully saturated rings. The average molecular weight is 418 g/mol. The molecule has 3 heteroatoms. The third-order valence-electron chi connectivity index (χ3n) is 4.40. The molecule has 2 nitrogen and oxygen atoms in total. The lowest BCUT2D eigenvalue weighted by Crippen LogP contribution is -1.99. The van der Waals surface area contributed by atoms with Gasteiger partial charge in [-0.05, 0) is 84.1 Å². The average Bonchev–Trinajstić information content (AvgIpc) is 2.93. The van der Waals surface area contributed by atoms with Crippen LogP contribution in [-0.4, -0.2) is 11.5 Å². The van der Waals surface area contributed by atoms with Crippen molar-refractivity contribution < 1.29 is 0 Å². The zero-order valence-electron chi connectivity index (χ0n) is 13.5. The summed E-state index contributed by atoms with van der Waals surface area (Å²) in [5, 5.41) is 1.37. The fourth-order valence-corrected chi connectivity index (χ4v) is 3.77. The predicted octanol–water partition coefficient (Wildman–Crippen LogP) is 5.28. The lowest BCUT2D eigenvalue weighted by Gasteiger charge is -2.07. The van der Waals surface area contributed by atoms with Gasteiger partial charge < -0.3 is 10.7 Å². The Balaban J connectivity index is 2.15. The maximum absolute atomic E-state index is 5.69. The molecule has 0 bridgehead atoms. The van der Waals surface area contributed by atoms with Crippen LogP contribution in [0.1, 0.15) is 30.9 Å². The SMILES string of the molecule is CCc1ccc2[nH]c(-c3ccccc3I)c(CCCCN)c2c1. The number of aryl methyl sites for hydroxylation is 2. The second-order valence-electron chi connectivity index (χ2n) is 5.94. The molecule has 3 N–H and O–H groups in total. The van der Waals surface area contributed by atoms with E-state index in [0.29, 0.717) is 0 Å². The number of aromatic amines is 1. The van der Waals surface area contributed by atoms with E-state index in [-0.39, 0.29) is 0 Å². The monoisotopic (exact) mass is 418 g/mol. The Kier molecular flexibility index (Phi) is 5.38. The van der Waals surface area contributed by atoms with E-state index in [1.165, 1.54) is 36.9 Å². The van der Waals surface area contributed by atoms with Gasteiger partial charge in [-0.3, -0.25) is 0 Å². The van der Waals surface area contributed by atoms with E-state index in [9.17, 15) is 0 Å². The second kappa shape index (κ2) is 7.49. The van der Waals surface area contributed by atoms with E-state index in [1.54, 1.807) is 0 Å². The molecular formula is C20H23IN2. The molecule has 0 radical (unpaired) electrons. The third-order valence-corrected chi connectivity index (χ3v) is 5.34. The van der Waals surface area contributed by atoms with Crippen LogP contribution < -0.4 is 5.73 Å². The molecule has 0 saturated carbocycles. The second-order valence-corrected chi connectivity index (χ2v) is 7.10. The number of benzene rings is 2. The first-order chi connectivity index (χ1) is 11.2. The molecule has 1 aromatic heterocycles. The summed E-state index contributed by atoms with van der Waals surface area (Å²) in [5.74, 6) is 0. The van der Waals surface area contributed by atoms with E-state index in [1.807, 2.05) is 0 Å². The van der Waals surface area contributed by atoms with E-state index < -0.39 is 0 Å². The van der Waals surface area contributed by atoms with Gasteiger partial charge in [-0.2, -0.15) is 0 Å². The number of hydrogen-bond donors (Lipinski definition) is 2. The Bertz CT molecular complexity index is 805. The largest absolute Gasteiger partial charge is 0.354 e. The summed E-state index contributed by atoms with van der Waals surface area (Å²) in [6.45, 7) is 2.98. The first kappa shape index (κ1) is 16.5. The van der Waals surface area contributed by atoms with Crippen molar-refractivity contribution in [3.05, 3.63) is 57.2 Å². The Morgan fingerprint density at radius 3 is 2.65 bits per heavy atom. The molecule has 1 heterocycles. The van der Waals surface area contributed by atoms with Gasteiger partial charge in [-0.1, -0.05) is 31.2 Å². The molecule has 3 rings (SSSR count). The number of unbranched alkanes of at least 4 members (excludes halogenated alkanes) is 1. The van der Waals surface area contributed by atoms with Gasteiger partial charge in [0, 0.05) is 20.0 Å². The van der Waals surface area contributed by atoms with Crippen molar-refractivity contribution >= 4 is 33.5 Å². The summed E-state index contributed by atoms with van der Waals surface area (Å²) in [7, 11) is 0. The van der Waals surface area contributed by atoms with E-state index in [2.05, 4.69) is 77.0 Å². The van der Waals surface area contributed by atoms with Gasteiger partial charge in [0.15, 0.2) is 0 Å². The molecular weight excluding hydrogens is 395 g/mol. The first-order valence-electron chi connectivity index (χ1n) is 8.33. The number of rotatable bonds is 6. The molecule has 3 aromatic rings. The molecule has 0 atom stereocenters. The van der Waals surface area contributed by atoms with Crippen LogP contribution in [0.2, 0.25) is 0 Å². The smallest absolute Gasteiger partial charge is 0.0508 e. The molecule has 0 aliphatic carbocycles. The number of hydrogen-bond acceptors (Lipinski definition) is 1. The van der Waals surface area contributed by atoms with Crippen LogP contribution in [0, 0.1) is 3.57 Å². The minimum Gasteiger partial charge on any atom is -0.354 e. The summed E-state index contributed by atoms with van der Waals surface area (Å²) in [6, 6.07) is 15.4. The Morgan fingerprint density at radius 2 is 1.91 bits per heavy atom. The number of aromatic nitrogens is 1. The Hall–Kier alpha value is -1.33. The van der Waals surface area contributed by atoms with Crippen molar-refractivity contribution in [2.75, 3.05) is 6.54 Å². The van der Waals surface area contributed by atoms with E-state index in [0.717, 1.165) is 32.2 Å². The standard InChI is InChI=1S/C20H23IN2/c1-2-14-10-11-19-17(13-14)15(7-5-6-12-22)20(23-19)16-8-3-4-9-18(16)21/h3-4,8-11,13,23H,2,5-7,12,22H2,1H3. The fourth-order valence-electron chi connectivity index (χ4n) is 3.11. The maximum atomic E-state index is 5.69. The summed E-state index contributed by atoms with van der Waals surface area (Å²) < 4.78 is 1.28. The lowest BCUT2D eigenvalue weighted by molar-refractivity contribution is 0.748. The van der Waals surface area contributed by atoms with E-state index in [4.69, 9.17) is 5.73 Å². The molecule has 0 aliphatic heterocycles. The minimum atomic E-state index is 0.765. The van der Waals surface area contributed by atoms with Crippen molar-refractivity contribution in [2.45, 2.75) is 32.6 Å². The molecule has 0 unspecified atom stereocenters. The number of halogens is 1. The predicted molar refractivity (Wildman–Crippen MR) is 108 cm³/mol. The zero-order valence-corrected chi connectivity index (χ0v) is 15.7. The highest BCUT2D eigenvalue weighted by Gasteiger charge is 2.15. The van der Waals surface area contributed by atoms with Crippen molar-refractivity contribution in [2.24, 2.45) is 5.73 Å². The number of H-pyrrole nitrogens is 1. The van der Waals surface area contributed by atoms with Gasteiger partial charge in [0.2, 0.25) is 0 Å². The normalized spacial score (nSPS) is 11.3. The highest BCUT2D eigenvalue weighted by atomic mass is 127. The fraction of sp³-hybridized carbons (Fsp3) is 0.300. The Morgan fingerprint density at radius 1 is 1.09 bits per heavy atom. The molecule has 120 valence electrons. The van der Waals surface area contributed by atoms with Crippen LogP contribution in [0.15, 0.2) is 42.5 Å². The number of fused-ring (bicyclic) bond motifs is 1. The Labute approximate surface area is 151 Å². The lowest BCUT2D eigenvalue weighted by atomic mass is 9.99. The van der Waals surface area contributed by atoms with Crippen molar-refractivity contribution in [1.29, 1.82) is 0 Å². The van der Waals surface area contributed by atoms with Crippen LogP contribution in [0.4, 0.5) is 0 Å². The highest BCUT2D eigenvalue weighted by Crippen LogP contribution is 2.34. The van der Waals surface area contributed by atoms with Crippen molar-refractivity contribution in [3.63, 3.8) is 0 Å². The van der Waals surface area contributed by atoms with Crippen LogP contribution in [-0.2, 0) is 12.8 Å². The molecule has 23 heavy (non-hydrogen) atoms. The van der Waals surface area contributed by atoms with Gasteiger partial charge in [0.25, 0.3) is 0 Å². The highest BCUT2D eigenvalue weighted by molar-refractivity contribution is 14.1. The summed E-state index contributed by atoms with van der Waals surface area (Å²) in [6.07, 6.45) is 4.36. The molecule has 0 saturated heterocycles. The van der Waals surface area contributed by atoms with Gasteiger partial charge in [-0.15, -0.1) is 0 Å². The number of nitrogens with one attached hydrogen (secondary N) is 1. The van der Waals surface area contributed by atoms with E-state index >= 15 is 0 Å². The quantitative estimate of drug-likeness (QED) is 0.415. The molecule has 0 amide bonds. The number of nitrogens with two attached hydrogens (primary N) is 1. The summed E-state index contributed by atoms with van der Waals surface area (Å²) in [5.41, 5.74) is 12.3. The third kappa shape index (κ3) is 3.45. The topological polar surface area (TPSA) is 41.8 Å². The van der Waals surface area contributed by atoms with Crippen LogP contribution in [0.5, 0.6) is 0 Å².